The predicted molar refractivity (Wildman–Crippen MR) is 101 cm³/mol. The molecule has 0 aliphatic rings. The summed E-state index contributed by atoms with van der Waals surface area (Å²) in [7, 11) is 0. The van der Waals surface area contributed by atoms with Crippen LogP contribution in [0.1, 0.15) is 27.2 Å². The molecule has 132 valence electrons. The van der Waals surface area contributed by atoms with E-state index in [9.17, 15) is 0 Å². The first kappa shape index (κ1) is 17.7. The molecule has 5 nitrogen and oxygen atoms in total. The number of aromatic nitrogens is 3. The third-order valence-electron chi connectivity index (χ3n) is 3.95. The van der Waals surface area contributed by atoms with Gasteiger partial charge in [-0.25, -0.2) is 9.50 Å². The Morgan fingerprint density at radius 3 is 2.76 bits per heavy atom. The van der Waals surface area contributed by atoms with E-state index in [2.05, 4.69) is 23.9 Å². The maximum Gasteiger partial charge on any atom is 0.155 e. The van der Waals surface area contributed by atoms with Crippen molar-refractivity contribution in [2.24, 2.45) is 11.7 Å². The number of halogens is 1. The SMILES string of the molecule is CC(C)CC(C)(N)COc1ccc(-c2ccnc3ccnn23)cc1Cl. The van der Waals surface area contributed by atoms with Crippen LogP contribution in [0.25, 0.3) is 16.9 Å². The Morgan fingerprint density at radius 2 is 2.04 bits per heavy atom. The van der Waals surface area contributed by atoms with Crippen molar-refractivity contribution in [3.05, 3.63) is 47.7 Å². The molecule has 0 aliphatic carbocycles. The van der Waals surface area contributed by atoms with Crippen LogP contribution in [0.15, 0.2) is 42.7 Å². The Labute approximate surface area is 152 Å². The number of fused-ring (bicyclic) bond motifs is 1. The molecule has 1 aromatic carbocycles. The lowest BCUT2D eigenvalue weighted by atomic mass is 9.93. The van der Waals surface area contributed by atoms with Crippen molar-refractivity contribution in [3.8, 4) is 17.0 Å². The summed E-state index contributed by atoms with van der Waals surface area (Å²) < 4.78 is 7.66. The van der Waals surface area contributed by atoms with Crippen molar-refractivity contribution in [1.29, 1.82) is 0 Å². The summed E-state index contributed by atoms with van der Waals surface area (Å²) in [6.45, 7) is 6.72. The number of hydrogen-bond acceptors (Lipinski definition) is 4. The molecule has 0 spiro atoms. The van der Waals surface area contributed by atoms with Crippen LogP contribution in [0.3, 0.4) is 0 Å². The van der Waals surface area contributed by atoms with Gasteiger partial charge in [0.25, 0.3) is 0 Å². The van der Waals surface area contributed by atoms with E-state index in [0.717, 1.165) is 23.3 Å². The van der Waals surface area contributed by atoms with Crippen LogP contribution in [0.5, 0.6) is 5.75 Å². The predicted octanol–water partition coefficient (Wildman–Crippen LogP) is 4.19. The maximum absolute atomic E-state index is 6.43. The van der Waals surface area contributed by atoms with Gasteiger partial charge in [0, 0.05) is 23.4 Å². The second kappa shape index (κ2) is 7.02. The van der Waals surface area contributed by atoms with Gasteiger partial charge in [-0.15, -0.1) is 0 Å². The van der Waals surface area contributed by atoms with Crippen molar-refractivity contribution in [1.82, 2.24) is 14.6 Å². The molecule has 0 radical (unpaired) electrons. The highest BCUT2D eigenvalue weighted by molar-refractivity contribution is 6.32. The minimum Gasteiger partial charge on any atom is -0.490 e. The zero-order valence-electron chi connectivity index (χ0n) is 14.7. The van der Waals surface area contributed by atoms with E-state index >= 15 is 0 Å². The molecule has 2 aromatic heterocycles. The molecule has 0 saturated carbocycles. The third-order valence-corrected chi connectivity index (χ3v) is 4.25. The average Bonchev–Trinajstić information content (AvgIpc) is 3.01. The number of ether oxygens (including phenoxy) is 1. The Balaban J connectivity index is 1.81. The van der Waals surface area contributed by atoms with E-state index in [1.807, 2.05) is 37.3 Å². The van der Waals surface area contributed by atoms with E-state index in [1.54, 1.807) is 16.9 Å². The summed E-state index contributed by atoms with van der Waals surface area (Å²) in [5, 5.41) is 4.86. The standard InChI is InChI=1S/C19H23ClN4O/c1-13(2)11-19(3,21)12-25-17-5-4-14(10-15(17)20)16-6-8-22-18-7-9-23-24(16)18/h4-10,13H,11-12,21H2,1-3H3. The molecular weight excluding hydrogens is 336 g/mol. The molecule has 1 unspecified atom stereocenters. The Kier molecular flexibility index (Phi) is 4.97. The van der Waals surface area contributed by atoms with E-state index in [1.165, 1.54) is 0 Å². The molecule has 0 aliphatic heterocycles. The minimum absolute atomic E-state index is 0.386. The number of nitrogens with zero attached hydrogens (tertiary/aromatic N) is 3. The molecule has 0 fully saturated rings. The fourth-order valence-corrected chi connectivity index (χ4v) is 3.30. The van der Waals surface area contributed by atoms with Crippen LogP contribution < -0.4 is 10.5 Å². The third kappa shape index (κ3) is 4.11. The first-order chi connectivity index (χ1) is 11.9. The normalized spacial score (nSPS) is 14.0. The van der Waals surface area contributed by atoms with Gasteiger partial charge < -0.3 is 10.5 Å². The Hall–Kier alpha value is -2.11. The minimum atomic E-state index is -0.386. The Morgan fingerprint density at radius 1 is 1.24 bits per heavy atom. The summed E-state index contributed by atoms with van der Waals surface area (Å²) in [5.41, 5.74) is 8.58. The van der Waals surface area contributed by atoms with Crippen LogP contribution in [0, 0.1) is 5.92 Å². The van der Waals surface area contributed by atoms with Gasteiger partial charge >= 0.3 is 0 Å². The molecule has 3 rings (SSSR count). The highest BCUT2D eigenvalue weighted by Crippen LogP contribution is 2.31. The molecular formula is C19H23ClN4O. The van der Waals surface area contributed by atoms with E-state index in [4.69, 9.17) is 22.1 Å². The lowest BCUT2D eigenvalue weighted by Gasteiger charge is -2.26. The average molecular weight is 359 g/mol. The summed E-state index contributed by atoms with van der Waals surface area (Å²) in [5.74, 6) is 1.15. The van der Waals surface area contributed by atoms with Crippen LogP contribution in [-0.4, -0.2) is 26.7 Å². The van der Waals surface area contributed by atoms with Gasteiger partial charge in [-0.1, -0.05) is 25.4 Å². The molecule has 3 aromatic rings. The monoisotopic (exact) mass is 358 g/mol. The summed E-state index contributed by atoms with van der Waals surface area (Å²) in [4.78, 5) is 4.28. The molecule has 0 saturated heterocycles. The molecule has 25 heavy (non-hydrogen) atoms. The van der Waals surface area contributed by atoms with Gasteiger partial charge in [0.2, 0.25) is 0 Å². The topological polar surface area (TPSA) is 65.4 Å². The van der Waals surface area contributed by atoms with Crippen LogP contribution in [0.4, 0.5) is 0 Å². The fourth-order valence-electron chi connectivity index (χ4n) is 3.06. The number of nitrogens with two attached hydrogens (primary N) is 1. The van der Waals surface area contributed by atoms with Crippen LogP contribution >= 0.6 is 11.6 Å². The number of rotatable bonds is 6. The van der Waals surface area contributed by atoms with Crippen molar-refractivity contribution in [2.75, 3.05) is 6.61 Å². The summed E-state index contributed by atoms with van der Waals surface area (Å²) in [6.07, 6.45) is 4.37. The van der Waals surface area contributed by atoms with E-state index < -0.39 is 0 Å². The fraction of sp³-hybridized carbons (Fsp3) is 0.368. The molecule has 0 amide bonds. The van der Waals surface area contributed by atoms with Crippen molar-refractivity contribution in [3.63, 3.8) is 0 Å². The maximum atomic E-state index is 6.43. The van der Waals surface area contributed by atoms with Gasteiger partial charge in [0.05, 0.1) is 16.9 Å². The van der Waals surface area contributed by atoms with Gasteiger partial charge in [-0.3, -0.25) is 0 Å². The zero-order valence-corrected chi connectivity index (χ0v) is 15.5. The lowest BCUT2D eigenvalue weighted by molar-refractivity contribution is 0.207. The lowest BCUT2D eigenvalue weighted by Crippen LogP contribution is -2.43. The van der Waals surface area contributed by atoms with E-state index in [0.29, 0.717) is 23.3 Å². The van der Waals surface area contributed by atoms with Gasteiger partial charge in [-0.05, 0) is 43.5 Å². The summed E-state index contributed by atoms with van der Waals surface area (Å²) >= 11 is 6.43. The quantitative estimate of drug-likeness (QED) is 0.717. The van der Waals surface area contributed by atoms with E-state index in [-0.39, 0.29) is 5.54 Å². The first-order valence-electron chi connectivity index (χ1n) is 8.36. The van der Waals surface area contributed by atoms with Crippen LogP contribution in [-0.2, 0) is 0 Å². The van der Waals surface area contributed by atoms with Crippen LogP contribution in [0.2, 0.25) is 5.02 Å². The van der Waals surface area contributed by atoms with Crippen molar-refractivity contribution in [2.45, 2.75) is 32.7 Å². The zero-order chi connectivity index (χ0) is 18.0. The molecule has 6 heteroatoms. The molecule has 2 N–H and O–H groups in total. The highest BCUT2D eigenvalue weighted by Gasteiger charge is 2.21. The van der Waals surface area contributed by atoms with Gasteiger partial charge in [0.1, 0.15) is 12.4 Å². The molecule has 1 atom stereocenters. The molecule has 0 bridgehead atoms. The van der Waals surface area contributed by atoms with Crippen molar-refractivity contribution < 1.29 is 4.74 Å². The first-order valence-corrected chi connectivity index (χ1v) is 8.74. The Bertz CT molecular complexity index is 873. The number of hydrogen-bond donors (Lipinski definition) is 1. The summed E-state index contributed by atoms with van der Waals surface area (Å²) in [6, 6.07) is 9.49. The smallest absolute Gasteiger partial charge is 0.155 e. The highest BCUT2D eigenvalue weighted by atomic mass is 35.5. The van der Waals surface area contributed by atoms with Gasteiger partial charge in [0.15, 0.2) is 5.65 Å². The molecule has 2 heterocycles. The van der Waals surface area contributed by atoms with Gasteiger partial charge in [-0.2, -0.15) is 5.10 Å². The second-order valence-electron chi connectivity index (χ2n) is 7.12. The largest absolute Gasteiger partial charge is 0.490 e. The van der Waals surface area contributed by atoms with Crippen molar-refractivity contribution >= 4 is 17.2 Å². The number of benzene rings is 1. The second-order valence-corrected chi connectivity index (χ2v) is 7.52.